The molecule has 6 aromatic carbocycles. The molecule has 0 heterocycles. The molecule has 6 aromatic rings. The van der Waals surface area contributed by atoms with Crippen LogP contribution in [-0.4, -0.2) is 24.3 Å². The molecule has 8 saturated carbocycles. The van der Waals surface area contributed by atoms with Crippen LogP contribution >= 0.6 is 24.0 Å². The van der Waals surface area contributed by atoms with Crippen LogP contribution in [0.2, 0.25) is 0 Å². The van der Waals surface area contributed by atoms with Crippen LogP contribution < -0.4 is 0 Å². The lowest BCUT2D eigenvalue weighted by atomic mass is 9.43. The maximum absolute atomic E-state index is 12.3. The standard InChI is InChI=1S/C26H26O.C26H24.CH4O3S.HI.H2/c27-26(21-13-17-12-18(15-21)16-22(26)14-17)24-11-10-19-6-4-5-9-23(19)25(24)20-7-2-1-3-8-20;1-2-6-21-18(5-1)9-10-24-25(21)22-7-3-4-8-23(22)26(24)19-12-16-11-17(14-19)15-20(26)13-16;1-5(2,3)4;;/h1-11,17-18,21-22,27H,12-16H2;1-10,16-17,19-20H,11-15H2;1H3,(H,2,3,4);2*1H. The van der Waals surface area contributed by atoms with Gasteiger partial charge in [-0.1, -0.05) is 127 Å². The highest BCUT2D eigenvalue weighted by Crippen LogP contribution is 2.70. The summed E-state index contributed by atoms with van der Waals surface area (Å²) in [5.41, 5.74) is 9.74. The number of hydrogen-bond acceptors (Lipinski definition) is 3. The van der Waals surface area contributed by atoms with E-state index in [1.54, 1.807) is 16.7 Å². The van der Waals surface area contributed by atoms with Crippen LogP contribution in [-0.2, 0) is 21.1 Å². The second kappa shape index (κ2) is 14.8. The Kier molecular flexibility index (Phi) is 9.94. The van der Waals surface area contributed by atoms with Crippen molar-refractivity contribution in [2.45, 2.75) is 75.2 Å². The van der Waals surface area contributed by atoms with E-state index in [1.807, 2.05) is 0 Å². The molecule has 9 aliphatic carbocycles. The van der Waals surface area contributed by atoms with E-state index in [9.17, 15) is 13.5 Å². The number of hydrogen-bond donors (Lipinski definition) is 2. The Labute approximate surface area is 368 Å². The zero-order chi connectivity index (χ0) is 39.4. The maximum atomic E-state index is 12.3. The predicted molar refractivity (Wildman–Crippen MR) is 253 cm³/mol. The van der Waals surface area contributed by atoms with Crippen LogP contribution in [0.1, 0.15) is 82.3 Å². The first-order chi connectivity index (χ1) is 28.1. The van der Waals surface area contributed by atoms with Crippen molar-refractivity contribution < 1.29 is 19.5 Å². The molecule has 2 N–H and O–H groups in total. The molecule has 0 saturated heterocycles. The summed E-state index contributed by atoms with van der Waals surface area (Å²) in [6, 6.07) is 47.2. The number of aliphatic hydroxyl groups is 1. The van der Waals surface area contributed by atoms with Crippen molar-refractivity contribution in [1.29, 1.82) is 0 Å². The summed E-state index contributed by atoms with van der Waals surface area (Å²) < 4.78 is 25.9. The summed E-state index contributed by atoms with van der Waals surface area (Å²) in [4.78, 5) is 0. The van der Waals surface area contributed by atoms with Gasteiger partial charge in [0.1, 0.15) is 0 Å². The lowest BCUT2D eigenvalue weighted by molar-refractivity contribution is -0.179. The molecule has 1 spiro atoms. The third-order valence-electron chi connectivity index (χ3n) is 16.2. The van der Waals surface area contributed by atoms with E-state index in [2.05, 4.69) is 127 Å². The summed E-state index contributed by atoms with van der Waals surface area (Å²) in [6.45, 7) is 0. The minimum atomic E-state index is -3.67. The van der Waals surface area contributed by atoms with E-state index in [-0.39, 0.29) is 25.4 Å². The van der Waals surface area contributed by atoms with Gasteiger partial charge in [0.15, 0.2) is 0 Å². The highest BCUT2D eigenvalue weighted by molar-refractivity contribution is 14.0. The third-order valence-corrected chi connectivity index (χ3v) is 16.2. The SMILES string of the molecule is CS(=O)(=O)O.I.OC1(c2ccc3ccccc3c2-c2ccccc2)C2CC3CC(C2)CC1C3.[HH].c1ccc2c(c1)-c1c(ccc3ccccc13)C21C2CC3CC(C2)CC1C3. The van der Waals surface area contributed by atoms with Gasteiger partial charge >= 0.3 is 0 Å². The molecule has 15 rings (SSSR count). The number of halogens is 1. The first-order valence-electron chi connectivity index (χ1n) is 21.9. The van der Waals surface area contributed by atoms with Gasteiger partial charge in [0.05, 0.1) is 11.9 Å². The molecule has 0 unspecified atom stereocenters. The van der Waals surface area contributed by atoms with Gasteiger partial charge in [-0.2, -0.15) is 8.42 Å². The van der Waals surface area contributed by atoms with Crippen molar-refractivity contribution in [2.24, 2.45) is 47.3 Å². The lowest BCUT2D eigenvalue weighted by Crippen LogP contribution is -2.55. The van der Waals surface area contributed by atoms with E-state index >= 15 is 0 Å². The summed E-state index contributed by atoms with van der Waals surface area (Å²) >= 11 is 0. The fourth-order valence-electron chi connectivity index (χ4n) is 14.8. The first-order valence-corrected chi connectivity index (χ1v) is 23.8. The highest BCUT2D eigenvalue weighted by Gasteiger charge is 2.62. The molecule has 0 atom stereocenters. The van der Waals surface area contributed by atoms with Crippen molar-refractivity contribution >= 4 is 55.6 Å². The maximum Gasteiger partial charge on any atom is 0.261 e. The summed E-state index contributed by atoms with van der Waals surface area (Å²) in [7, 11) is -3.67. The second-order valence-electron chi connectivity index (χ2n) is 19.4. The van der Waals surface area contributed by atoms with Crippen molar-refractivity contribution in [3.8, 4) is 22.3 Å². The lowest BCUT2D eigenvalue weighted by Gasteiger charge is -2.61. The van der Waals surface area contributed by atoms with Crippen LogP contribution in [0.25, 0.3) is 43.8 Å². The van der Waals surface area contributed by atoms with Crippen molar-refractivity contribution in [3.63, 3.8) is 0 Å². The normalized spacial score (nSPS) is 32.5. The topological polar surface area (TPSA) is 74.6 Å². The molecule has 8 fully saturated rings. The largest absolute Gasteiger partial charge is 0.385 e. The van der Waals surface area contributed by atoms with E-state index in [1.165, 1.54) is 108 Å². The van der Waals surface area contributed by atoms with E-state index in [0.29, 0.717) is 23.5 Å². The minimum Gasteiger partial charge on any atom is -0.385 e. The van der Waals surface area contributed by atoms with Crippen LogP contribution in [0, 0.1) is 47.3 Å². The van der Waals surface area contributed by atoms with Gasteiger partial charge < -0.3 is 5.11 Å². The van der Waals surface area contributed by atoms with Crippen molar-refractivity contribution in [3.05, 3.63) is 144 Å². The van der Waals surface area contributed by atoms with E-state index < -0.39 is 15.7 Å². The van der Waals surface area contributed by atoms with Gasteiger partial charge in [-0.05, 0) is 172 Å². The molecule has 4 nitrogen and oxygen atoms in total. The van der Waals surface area contributed by atoms with Crippen molar-refractivity contribution in [1.82, 2.24) is 0 Å². The average Bonchev–Trinajstić information content (AvgIpc) is 3.52. The number of rotatable bonds is 2. The third kappa shape index (κ3) is 6.36. The van der Waals surface area contributed by atoms with Gasteiger partial charge in [-0.15, -0.1) is 24.0 Å². The number of fused-ring (bicyclic) bond motifs is 6. The Bertz CT molecular complexity index is 2610. The fraction of sp³-hybridized carbons (Fsp3) is 0.396. The summed E-state index contributed by atoms with van der Waals surface area (Å²) in [5.74, 6) is 6.32. The molecule has 0 amide bonds. The molecular formula is C53H57IO4S. The van der Waals surface area contributed by atoms with E-state index in [0.717, 1.165) is 35.5 Å². The van der Waals surface area contributed by atoms with Gasteiger partial charge in [0.25, 0.3) is 10.1 Å². The van der Waals surface area contributed by atoms with Crippen molar-refractivity contribution in [2.75, 3.05) is 6.26 Å². The van der Waals surface area contributed by atoms with Crippen LogP contribution in [0.5, 0.6) is 0 Å². The van der Waals surface area contributed by atoms with Gasteiger partial charge in [0.2, 0.25) is 0 Å². The zero-order valence-electron chi connectivity index (χ0n) is 33.8. The Morgan fingerprint density at radius 2 is 0.915 bits per heavy atom. The second-order valence-corrected chi connectivity index (χ2v) is 20.8. The molecule has 8 bridgehead atoms. The molecule has 59 heavy (non-hydrogen) atoms. The minimum absolute atomic E-state index is 0. The molecule has 6 heteroatoms. The smallest absolute Gasteiger partial charge is 0.261 e. The Morgan fingerprint density at radius 1 is 0.492 bits per heavy atom. The number of benzene rings is 6. The van der Waals surface area contributed by atoms with Crippen LogP contribution in [0.3, 0.4) is 0 Å². The fourth-order valence-corrected chi connectivity index (χ4v) is 14.8. The molecule has 0 aromatic heterocycles. The van der Waals surface area contributed by atoms with Gasteiger partial charge in [-0.25, -0.2) is 0 Å². The van der Waals surface area contributed by atoms with Crippen LogP contribution in [0.4, 0.5) is 0 Å². The molecule has 0 radical (unpaired) electrons. The highest BCUT2D eigenvalue weighted by atomic mass is 127. The molecular weight excluding hydrogens is 860 g/mol. The first kappa shape index (κ1) is 39.6. The molecule has 306 valence electrons. The Balaban J connectivity index is 0.000000135. The summed E-state index contributed by atoms with van der Waals surface area (Å²) in [5, 5.41) is 17.6. The molecule has 0 aliphatic heterocycles. The van der Waals surface area contributed by atoms with Gasteiger partial charge in [0, 0.05) is 6.84 Å². The Morgan fingerprint density at radius 3 is 1.46 bits per heavy atom. The summed E-state index contributed by atoms with van der Waals surface area (Å²) in [6.07, 6.45) is 14.4. The average molecular weight is 917 g/mol. The predicted octanol–water partition coefficient (Wildman–Crippen LogP) is 13.1. The molecule has 9 aliphatic rings. The van der Waals surface area contributed by atoms with Gasteiger partial charge in [-0.3, -0.25) is 4.55 Å². The van der Waals surface area contributed by atoms with Crippen LogP contribution in [0.15, 0.2) is 127 Å². The zero-order valence-corrected chi connectivity index (χ0v) is 37.0. The quantitative estimate of drug-likeness (QED) is 0.134. The Hall–Kier alpha value is -3.56. The monoisotopic (exact) mass is 916 g/mol. The van der Waals surface area contributed by atoms with E-state index in [4.69, 9.17) is 4.55 Å².